The molecule has 0 spiro atoms. The first-order valence-electron chi connectivity index (χ1n) is 11.3. The molecular formula is C25H29N3O4S. The van der Waals surface area contributed by atoms with Gasteiger partial charge in [0.05, 0.1) is 22.3 Å². The molecule has 1 fully saturated rings. The molecule has 7 nitrogen and oxygen atoms in total. The van der Waals surface area contributed by atoms with Crippen LogP contribution < -0.4 is 5.56 Å². The summed E-state index contributed by atoms with van der Waals surface area (Å²) >= 11 is 0. The number of para-hydroxylation sites is 1. The van der Waals surface area contributed by atoms with E-state index in [1.165, 1.54) is 4.90 Å². The summed E-state index contributed by atoms with van der Waals surface area (Å²) < 4.78 is 26.4. The Labute approximate surface area is 193 Å². The Morgan fingerprint density at radius 3 is 2.52 bits per heavy atom. The van der Waals surface area contributed by atoms with Gasteiger partial charge in [0.15, 0.2) is 14.6 Å². The molecule has 174 valence electrons. The molecule has 8 heteroatoms. The van der Waals surface area contributed by atoms with E-state index in [0.29, 0.717) is 54.5 Å². The van der Waals surface area contributed by atoms with E-state index in [2.05, 4.69) is 9.97 Å². The van der Waals surface area contributed by atoms with Gasteiger partial charge >= 0.3 is 0 Å². The van der Waals surface area contributed by atoms with E-state index in [0.717, 1.165) is 5.56 Å². The van der Waals surface area contributed by atoms with Crippen LogP contribution in [0.15, 0.2) is 52.2 Å². The van der Waals surface area contributed by atoms with Gasteiger partial charge in [-0.15, -0.1) is 0 Å². The van der Waals surface area contributed by atoms with Gasteiger partial charge in [-0.3, -0.25) is 9.59 Å². The van der Waals surface area contributed by atoms with Crippen molar-refractivity contribution in [3.05, 3.63) is 69.8 Å². The van der Waals surface area contributed by atoms with Gasteiger partial charge in [-0.2, -0.15) is 0 Å². The summed E-state index contributed by atoms with van der Waals surface area (Å²) in [6, 6.07) is 12.3. The Morgan fingerprint density at radius 1 is 1.12 bits per heavy atom. The summed E-state index contributed by atoms with van der Waals surface area (Å²) in [5.41, 5.74) is 1.74. The van der Waals surface area contributed by atoms with Crippen LogP contribution in [0.2, 0.25) is 0 Å². The largest absolute Gasteiger partial charge is 0.334 e. The number of H-pyrrole nitrogens is 1. The van der Waals surface area contributed by atoms with E-state index in [1.54, 1.807) is 43.3 Å². The fourth-order valence-corrected chi connectivity index (χ4v) is 7.20. The van der Waals surface area contributed by atoms with Crippen LogP contribution in [0.3, 0.4) is 0 Å². The molecule has 1 amide bonds. The van der Waals surface area contributed by atoms with E-state index < -0.39 is 20.5 Å². The van der Waals surface area contributed by atoms with Crippen LogP contribution in [0.5, 0.6) is 0 Å². The van der Waals surface area contributed by atoms with Crippen molar-refractivity contribution in [2.75, 3.05) is 6.54 Å². The molecule has 1 N–H and O–H groups in total. The summed E-state index contributed by atoms with van der Waals surface area (Å²) in [7, 11) is -3.93. The van der Waals surface area contributed by atoms with Crippen LogP contribution in [0.4, 0.5) is 0 Å². The second-order valence-electron chi connectivity index (χ2n) is 8.82. The average molecular weight is 468 g/mol. The van der Waals surface area contributed by atoms with Crippen molar-refractivity contribution in [1.29, 1.82) is 0 Å². The molecule has 4 rings (SSSR count). The van der Waals surface area contributed by atoms with Crippen molar-refractivity contribution in [1.82, 2.24) is 14.9 Å². The normalized spacial score (nSPS) is 15.6. The van der Waals surface area contributed by atoms with Gasteiger partial charge in [-0.25, -0.2) is 13.4 Å². The van der Waals surface area contributed by atoms with Crippen molar-refractivity contribution in [2.45, 2.75) is 62.6 Å². The fourth-order valence-electron chi connectivity index (χ4n) is 4.76. The lowest BCUT2D eigenvalue weighted by atomic mass is 10.1. The Bertz CT molecular complexity index is 1370. The standard InChI is InChI=1S/C25H29N3O4S/c1-4-28(16-22-26-20-10-6-5-9-19(20)23(29)27-22)24(30)25(13-7-8-14-25)33(31,32)21-15-17(2)11-12-18(21)3/h5-6,9-12,15H,4,7-8,13-14,16H2,1-3H3,(H,26,27,29). The molecule has 1 aromatic heterocycles. The van der Waals surface area contributed by atoms with E-state index in [-0.39, 0.29) is 17.0 Å². The van der Waals surface area contributed by atoms with Crippen LogP contribution in [-0.2, 0) is 21.2 Å². The third-order valence-electron chi connectivity index (χ3n) is 6.62. The van der Waals surface area contributed by atoms with Crippen molar-refractivity contribution in [3.8, 4) is 0 Å². The minimum absolute atomic E-state index is 0.0411. The number of nitrogens with one attached hydrogen (secondary N) is 1. The summed E-state index contributed by atoms with van der Waals surface area (Å²) in [6.45, 7) is 5.77. The zero-order valence-corrected chi connectivity index (χ0v) is 20.0. The summed E-state index contributed by atoms with van der Waals surface area (Å²) in [5.74, 6) is -0.0783. The molecule has 0 saturated heterocycles. The van der Waals surface area contributed by atoms with E-state index >= 15 is 0 Å². The number of amides is 1. The van der Waals surface area contributed by atoms with Crippen LogP contribution in [0.1, 0.15) is 49.6 Å². The minimum Gasteiger partial charge on any atom is -0.334 e. The van der Waals surface area contributed by atoms with Gasteiger partial charge in [-0.05, 0) is 62.9 Å². The molecule has 1 aliphatic rings. The molecule has 1 heterocycles. The molecule has 1 saturated carbocycles. The number of sulfone groups is 1. The summed E-state index contributed by atoms with van der Waals surface area (Å²) in [6.07, 6.45) is 1.94. The lowest BCUT2D eigenvalue weighted by Gasteiger charge is -2.34. The second-order valence-corrected chi connectivity index (χ2v) is 11.1. The highest BCUT2D eigenvalue weighted by Crippen LogP contribution is 2.43. The molecule has 0 atom stereocenters. The summed E-state index contributed by atoms with van der Waals surface area (Å²) in [4.78, 5) is 35.4. The predicted octanol–water partition coefficient (Wildman–Crippen LogP) is 3.68. The highest BCUT2D eigenvalue weighted by molar-refractivity contribution is 7.93. The number of nitrogens with zero attached hydrogens (tertiary/aromatic N) is 2. The van der Waals surface area contributed by atoms with Gasteiger partial charge < -0.3 is 9.88 Å². The van der Waals surface area contributed by atoms with Crippen molar-refractivity contribution < 1.29 is 13.2 Å². The van der Waals surface area contributed by atoms with E-state index in [1.807, 2.05) is 19.9 Å². The van der Waals surface area contributed by atoms with Crippen LogP contribution in [0, 0.1) is 13.8 Å². The molecular weight excluding hydrogens is 438 g/mol. The number of carbonyl (C=O) groups is 1. The maximum Gasteiger partial charge on any atom is 0.258 e. The molecule has 2 aromatic carbocycles. The number of aromatic amines is 1. The average Bonchev–Trinajstić information content (AvgIpc) is 3.30. The number of benzene rings is 2. The van der Waals surface area contributed by atoms with Crippen molar-refractivity contribution in [2.24, 2.45) is 0 Å². The topological polar surface area (TPSA) is 100 Å². The van der Waals surface area contributed by atoms with Crippen LogP contribution in [0.25, 0.3) is 10.9 Å². The predicted molar refractivity (Wildman–Crippen MR) is 128 cm³/mol. The minimum atomic E-state index is -3.93. The monoisotopic (exact) mass is 467 g/mol. The van der Waals surface area contributed by atoms with Gasteiger partial charge in [0, 0.05) is 6.54 Å². The maximum atomic E-state index is 14.0. The SMILES string of the molecule is CCN(Cc1nc2ccccc2c(=O)[nH]1)C(=O)C1(S(=O)(=O)c2cc(C)ccc2C)CCCC1. The number of hydrogen-bond acceptors (Lipinski definition) is 5. The lowest BCUT2D eigenvalue weighted by molar-refractivity contribution is -0.134. The third kappa shape index (κ3) is 3.97. The van der Waals surface area contributed by atoms with E-state index in [9.17, 15) is 18.0 Å². The van der Waals surface area contributed by atoms with Gasteiger partial charge in [0.2, 0.25) is 5.91 Å². The molecule has 1 aliphatic carbocycles. The number of carbonyl (C=O) groups excluding carboxylic acids is 1. The number of fused-ring (bicyclic) bond motifs is 1. The van der Waals surface area contributed by atoms with E-state index in [4.69, 9.17) is 0 Å². The number of rotatable bonds is 6. The first kappa shape index (κ1) is 23.2. The van der Waals surface area contributed by atoms with Gasteiger partial charge in [-0.1, -0.05) is 37.1 Å². The maximum absolute atomic E-state index is 14.0. The third-order valence-corrected chi connectivity index (χ3v) is 9.25. The number of aryl methyl sites for hydroxylation is 2. The highest BCUT2D eigenvalue weighted by Gasteiger charge is 2.54. The Balaban J connectivity index is 1.74. The Kier molecular flexibility index (Phi) is 6.14. The first-order chi connectivity index (χ1) is 15.7. The van der Waals surface area contributed by atoms with Gasteiger partial charge in [0.1, 0.15) is 5.82 Å². The molecule has 33 heavy (non-hydrogen) atoms. The second kappa shape index (κ2) is 8.74. The molecule has 0 radical (unpaired) electrons. The van der Waals surface area contributed by atoms with Crippen LogP contribution >= 0.6 is 0 Å². The Hall–Kier alpha value is -3.00. The van der Waals surface area contributed by atoms with Gasteiger partial charge in [0.25, 0.3) is 5.56 Å². The number of hydrogen-bond donors (Lipinski definition) is 1. The zero-order valence-electron chi connectivity index (χ0n) is 19.2. The molecule has 0 unspecified atom stereocenters. The molecule has 3 aromatic rings. The zero-order chi connectivity index (χ0) is 23.8. The smallest absolute Gasteiger partial charge is 0.258 e. The number of aromatic nitrogens is 2. The fraction of sp³-hybridized carbons (Fsp3) is 0.400. The van der Waals surface area contributed by atoms with Crippen molar-refractivity contribution >= 4 is 26.6 Å². The first-order valence-corrected chi connectivity index (χ1v) is 12.8. The lowest BCUT2D eigenvalue weighted by Crippen LogP contribution is -2.52. The highest BCUT2D eigenvalue weighted by atomic mass is 32.2. The Morgan fingerprint density at radius 2 is 1.82 bits per heavy atom. The molecule has 0 aliphatic heterocycles. The quantitative estimate of drug-likeness (QED) is 0.596. The van der Waals surface area contributed by atoms with Crippen molar-refractivity contribution in [3.63, 3.8) is 0 Å². The van der Waals surface area contributed by atoms with Crippen LogP contribution in [-0.4, -0.2) is 40.5 Å². The summed E-state index contributed by atoms with van der Waals surface area (Å²) in [5, 5.41) is 0.473. The molecule has 0 bridgehead atoms.